The summed E-state index contributed by atoms with van der Waals surface area (Å²) in [5.74, 6) is -2.19. The van der Waals surface area contributed by atoms with Crippen LogP contribution < -0.4 is 0 Å². The number of hydrogen-bond acceptors (Lipinski definition) is 11. The number of pyridine rings is 1. The standard InChI is InChI=1S/C8H7F3.C7H6F3N.2C6H7F3N2.C6H5F3N2.C6H5F3S.C5H4ClF3N2.2C5H5F3N2.C4H4F3N3/c1-6-3-2-4-7(5-6)8(9,10)11;1-5-2-3-11-6(4-5)7(8,9)10;2*1-4-3-5(6(7,8)9)10-11(4)2;1-4-2-3-10-5(11-4)6(7,8)9;1-4-2-5(10-3-4)6(7,8)9;1-11-2-3(5(7,8)9)10-4(11)6;1-10-2-4(9-3-10)5(6,7)8;1-10-3-2-4(9-10)5(6,7)8;1-10-2-8-3(9-10)4(5,6)7/h2-5H,1H3;2-4H,1H3;2*3H,1-2H3;2-3H,1H3;2-3H,1H3;2H,1H3;2*2-3H,1H3;2H,1H3. The molecule has 1 aromatic carbocycles. The lowest BCUT2D eigenvalue weighted by Gasteiger charge is -2.05. The van der Waals surface area contributed by atoms with Gasteiger partial charge in [0.2, 0.25) is 11.1 Å². The molecule has 10 aromatic rings. The van der Waals surface area contributed by atoms with E-state index in [0.29, 0.717) is 33.8 Å². The first kappa shape index (κ1) is 94.5. The van der Waals surface area contributed by atoms with E-state index >= 15 is 0 Å². The van der Waals surface area contributed by atoms with E-state index in [0.717, 1.165) is 105 Å². The molecule has 0 saturated heterocycles. The first-order valence-electron chi connectivity index (χ1n) is 27.8. The predicted molar refractivity (Wildman–Crippen MR) is 318 cm³/mol. The van der Waals surface area contributed by atoms with Gasteiger partial charge >= 0.3 is 61.8 Å². The summed E-state index contributed by atoms with van der Waals surface area (Å²) in [4.78, 5) is 18.2. The zero-order valence-corrected chi connectivity index (χ0v) is 57.3. The van der Waals surface area contributed by atoms with Crippen LogP contribution in [-0.4, -0.2) is 78.2 Å². The number of nitrogens with zero attached hydrogens (tertiary/aromatic N) is 16. The van der Waals surface area contributed by atoms with E-state index < -0.39 is 118 Å². The Balaban J connectivity index is 0.000000589. The Bertz CT molecular complexity index is 3720. The second-order valence-corrected chi connectivity index (χ2v) is 22.0. The van der Waals surface area contributed by atoms with E-state index in [-0.39, 0.29) is 5.28 Å². The van der Waals surface area contributed by atoms with Crippen molar-refractivity contribution < 1.29 is 132 Å². The Kier molecular flexibility index (Phi) is 34.1. The van der Waals surface area contributed by atoms with Gasteiger partial charge < -0.3 is 9.13 Å². The van der Waals surface area contributed by atoms with Crippen molar-refractivity contribution in [2.24, 2.45) is 42.3 Å². The largest absolute Gasteiger partial charge is 0.453 e. The maximum absolute atomic E-state index is 12.0. The van der Waals surface area contributed by atoms with Crippen LogP contribution in [0.15, 0.2) is 116 Å². The molecule has 0 aliphatic rings. The molecule has 0 bridgehead atoms. The summed E-state index contributed by atoms with van der Waals surface area (Å²) in [6.07, 6.45) is -35.9. The lowest BCUT2D eigenvalue weighted by Crippen LogP contribution is -2.10. The number of halogens is 31. The van der Waals surface area contributed by atoms with E-state index in [1.54, 1.807) is 40.7 Å². The van der Waals surface area contributed by atoms with Gasteiger partial charge in [0, 0.05) is 90.4 Å². The number of thiophene rings is 1. The van der Waals surface area contributed by atoms with Gasteiger partial charge in [-0.15, -0.1) is 16.4 Å². The maximum atomic E-state index is 12.0. The second-order valence-electron chi connectivity index (χ2n) is 20.7. The van der Waals surface area contributed by atoms with Gasteiger partial charge in [-0.05, 0) is 118 Å². The zero-order chi connectivity index (χ0) is 82.5. The minimum atomic E-state index is -4.44. The third-order valence-electron chi connectivity index (χ3n) is 11.4. The van der Waals surface area contributed by atoms with E-state index in [1.165, 1.54) is 92.9 Å². The Morgan fingerprint density at radius 1 is 0.358 bits per heavy atom. The van der Waals surface area contributed by atoms with Crippen LogP contribution in [-0.2, 0) is 104 Å². The van der Waals surface area contributed by atoms with Gasteiger partial charge in [0.15, 0.2) is 28.5 Å². The van der Waals surface area contributed by atoms with Crippen LogP contribution in [0.3, 0.4) is 0 Å². The average Bonchev–Trinajstić information content (AvgIpc) is 1.46. The maximum Gasteiger partial charge on any atom is 0.453 e. The Labute approximate surface area is 588 Å². The van der Waals surface area contributed by atoms with Crippen LogP contribution in [0.5, 0.6) is 0 Å². The third kappa shape index (κ3) is 35.5. The summed E-state index contributed by atoms with van der Waals surface area (Å²) in [5, 5.41) is 14.1. The van der Waals surface area contributed by atoms with Crippen LogP contribution in [0, 0.1) is 41.5 Å². The van der Waals surface area contributed by atoms with Crippen molar-refractivity contribution in [2.45, 2.75) is 103 Å². The predicted octanol–water partition coefficient (Wildman–Crippen LogP) is 19.6. The zero-order valence-electron chi connectivity index (χ0n) is 55.8. The van der Waals surface area contributed by atoms with Gasteiger partial charge in [0.05, 0.1) is 11.9 Å². The first-order valence-corrected chi connectivity index (χ1v) is 29.1. The Hall–Kier alpha value is -9.47. The van der Waals surface area contributed by atoms with E-state index in [4.69, 9.17) is 11.6 Å². The molecule has 0 unspecified atom stereocenters. The highest BCUT2D eigenvalue weighted by molar-refractivity contribution is 7.10. The number of benzene rings is 1. The van der Waals surface area contributed by atoms with E-state index in [2.05, 4.69) is 50.3 Å². The first-order chi connectivity index (χ1) is 47.7. The van der Waals surface area contributed by atoms with Crippen molar-refractivity contribution in [3.8, 4) is 0 Å². The molecule has 0 aliphatic carbocycles. The van der Waals surface area contributed by atoms with Crippen LogP contribution in [0.2, 0.25) is 5.28 Å². The summed E-state index contributed by atoms with van der Waals surface area (Å²) in [7, 11) is 8.65. The lowest BCUT2D eigenvalue weighted by atomic mass is 10.1. The molecule has 0 atom stereocenters. The topological polar surface area (TPSA) is 158 Å². The van der Waals surface area contributed by atoms with Crippen molar-refractivity contribution in [1.82, 2.24) is 78.2 Å². The molecule has 16 nitrogen and oxygen atoms in total. The van der Waals surface area contributed by atoms with Crippen molar-refractivity contribution in [3.63, 3.8) is 0 Å². The fourth-order valence-corrected chi connectivity index (χ4v) is 7.16. The van der Waals surface area contributed by atoms with Gasteiger partial charge in [0.25, 0.3) is 5.82 Å². The SMILES string of the molecule is Cc1cc(C(F)(F)F)nn1C.Cc1cc(C(F)(F)F)nn1C.Cc1cccc(C(F)(F)F)c1.Cc1ccnc(C(F)(F)F)c1.Cc1ccnc(C(F)(F)F)n1.Cc1csc(C(F)(F)F)c1.Cn1cc(C(F)(F)F)nc1Cl.Cn1ccc(C(F)(F)F)n1.Cn1cnc(C(F)(F)F)c1.Cn1cnc(C(F)(F)F)n1. The molecule has 9 heterocycles. The fraction of sp³-hybridized carbons (Fsp3) is 0.379. The highest BCUT2D eigenvalue weighted by atomic mass is 35.5. The number of hydrogen-bond donors (Lipinski definition) is 0. The van der Waals surface area contributed by atoms with Crippen LogP contribution in [0.25, 0.3) is 0 Å². The van der Waals surface area contributed by atoms with Crippen molar-refractivity contribution in [3.05, 3.63) is 211 Å². The van der Waals surface area contributed by atoms with E-state index in [9.17, 15) is 132 Å². The number of rotatable bonds is 0. The van der Waals surface area contributed by atoms with Gasteiger partial charge in [-0.3, -0.25) is 23.7 Å². The third-order valence-corrected chi connectivity index (χ3v) is 12.8. The molecule has 106 heavy (non-hydrogen) atoms. The van der Waals surface area contributed by atoms with Gasteiger partial charge in [-0.1, -0.05) is 23.8 Å². The van der Waals surface area contributed by atoms with Crippen molar-refractivity contribution in [2.75, 3.05) is 0 Å². The molecule has 9 aromatic heterocycles. The number of aromatic nitrogens is 16. The molecule has 0 aliphatic heterocycles. The molecule has 590 valence electrons. The second kappa shape index (κ2) is 38.2. The Morgan fingerprint density at radius 2 is 0.830 bits per heavy atom. The summed E-state index contributed by atoms with van der Waals surface area (Å²) in [6.45, 7) is 9.50. The minimum absolute atomic E-state index is 0.169. The highest BCUT2D eigenvalue weighted by Gasteiger charge is 2.40. The Morgan fingerprint density at radius 3 is 1.06 bits per heavy atom. The highest BCUT2D eigenvalue weighted by Crippen LogP contribution is 2.36. The van der Waals surface area contributed by atoms with Crippen LogP contribution >= 0.6 is 22.9 Å². The van der Waals surface area contributed by atoms with Crippen LogP contribution in [0.1, 0.15) is 90.0 Å². The van der Waals surface area contributed by atoms with Crippen LogP contribution in [0.4, 0.5) is 132 Å². The van der Waals surface area contributed by atoms with Gasteiger partial charge in [0.1, 0.15) is 16.9 Å². The van der Waals surface area contributed by atoms with Gasteiger partial charge in [-0.2, -0.15) is 147 Å². The summed E-state index contributed by atoms with van der Waals surface area (Å²) >= 11 is 6.02. The number of alkyl halides is 30. The molecule has 0 saturated carbocycles. The minimum Gasteiger partial charge on any atom is -0.340 e. The monoisotopic (exact) mass is 1610 g/mol. The fourth-order valence-electron chi connectivity index (χ4n) is 6.25. The molecule has 0 radical (unpaired) electrons. The molecule has 48 heteroatoms. The smallest absolute Gasteiger partial charge is 0.340 e. The van der Waals surface area contributed by atoms with Crippen molar-refractivity contribution >= 4 is 22.9 Å². The summed E-state index contributed by atoms with van der Waals surface area (Å²) in [5.41, 5.74) is -2.61. The molecule has 0 fully saturated rings. The lowest BCUT2D eigenvalue weighted by molar-refractivity contribution is -0.145. The average molecular weight is 1610 g/mol. The molecular weight excluding hydrogens is 1560 g/mol. The molecule has 0 amide bonds. The number of imidazole rings is 2. The molecule has 0 N–H and O–H groups in total. The van der Waals surface area contributed by atoms with E-state index in [1.807, 2.05) is 0 Å². The molecule has 0 spiro atoms. The molecular formula is C58H55ClF30N16S. The van der Waals surface area contributed by atoms with Gasteiger partial charge in [-0.25, -0.2) is 24.9 Å². The normalized spacial score (nSPS) is 11.9. The summed E-state index contributed by atoms with van der Waals surface area (Å²) < 4.78 is 362. The van der Waals surface area contributed by atoms with Crippen molar-refractivity contribution in [1.29, 1.82) is 0 Å². The summed E-state index contributed by atoms with van der Waals surface area (Å²) in [6, 6.07) is 13.3. The quantitative estimate of drug-likeness (QED) is 0.134. The molecule has 10 rings (SSSR count). The number of aryl methyl sites for hydroxylation is 12.